The lowest BCUT2D eigenvalue weighted by atomic mass is 10.2. The number of thiophene rings is 1. The van der Waals surface area contributed by atoms with Crippen molar-refractivity contribution in [2.45, 2.75) is 26.4 Å². The van der Waals surface area contributed by atoms with E-state index in [1.54, 1.807) is 11.3 Å². The number of nitrogens with zero attached hydrogens (tertiary/aromatic N) is 2. The monoisotopic (exact) mass is 387 g/mol. The Bertz CT molecular complexity index is 583. The fourth-order valence-corrected chi connectivity index (χ4v) is 4.19. The number of hydrogen-bond acceptors (Lipinski definition) is 4. The lowest BCUT2D eigenvalue weighted by molar-refractivity contribution is 0.204. The van der Waals surface area contributed by atoms with E-state index in [4.69, 9.17) is 17.3 Å². The molecule has 2 rings (SSSR count). The molecule has 0 saturated carbocycles. The molecule has 0 aliphatic carbocycles. The first-order chi connectivity index (χ1) is 10.0. The third kappa shape index (κ3) is 4.27. The number of halogens is 2. The SMILES string of the molecule is CCN(Cc1cccc(C)n1)C(CN)c1cc(Br)c(Cl)s1. The molecular weight excluding hydrogens is 370 g/mol. The zero-order valence-electron chi connectivity index (χ0n) is 12.1. The van der Waals surface area contributed by atoms with Gasteiger partial charge >= 0.3 is 0 Å². The van der Waals surface area contributed by atoms with Crippen LogP contribution in [0.1, 0.15) is 29.2 Å². The highest BCUT2D eigenvalue weighted by atomic mass is 79.9. The van der Waals surface area contributed by atoms with E-state index in [-0.39, 0.29) is 6.04 Å². The molecule has 3 nitrogen and oxygen atoms in total. The largest absolute Gasteiger partial charge is 0.329 e. The average molecular weight is 389 g/mol. The van der Waals surface area contributed by atoms with Gasteiger partial charge in [-0.25, -0.2) is 0 Å². The van der Waals surface area contributed by atoms with Crippen molar-refractivity contribution < 1.29 is 0 Å². The van der Waals surface area contributed by atoms with Crippen LogP contribution >= 0.6 is 38.9 Å². The summed E-state index contributed by atoms with van der Waals surface area (Å²) < 4.78 is 1.71. The predicted octanol–water partition coefficient (Wildman–Crippen LogP) is 4.39. The van der Waals surface area contributed by atoms with Crippen molar-refractivity contribution in [1.82, 2.24) is 9.88 Å². The second-order valence-electron chi connectivity index (χ2n) is 4.86. The van der Waals surface area contributed by atoms with E-state index in [1.807, 2.05) is 19.1 Å². The molecule has 0 aliphatic rings. The Hall–Kier alpha value is -0.460. The van der Waals surface area contributed by atoms with Crippen molar-refractivity contribution in [3.8, 4) is 0 Å². The summed E-state index contributed by atoms with van der Waals surface area (Å²) >= 11 is 11.2. The summed E-state index contributed by atoms with van der Waals surface area (Å²) in [6.07, 6.45) is 0. The Balaban J connectivity index is 2.21. The van der Waals surface area contributed by atoms with Gasteiger partial charge in [0.2, 0.25) is 0 Å². The summed E-state index contributed by atoms with van der Waals surface area (Å²) in [7, 11) is 0. The maximum Gasteiger partial charge on any atom is 0.107 e. The maximum absolute atomic E-state index is 6.16. The molecule has 2 heterocycles. The van der Waals surface area contributed by atoms with Crippen LogP contribution < -0.4 is 5.73 Å². The van der Waals surface area contributed by atoms with Gasteiger partial charge < -0.3 is 5.73 Å². The number of nitrogens with two attached hydrogens (primary N) is 1. The molecule has 0 amide bonds. The van der Waals surface area contributed by atoms with E-state index in [1.165, 1.54) is 4.88 Å². The zero-order chi connectivity index (χ0) is 15.4. The molecule has 2 aromatic rings. The van der Waals surface area contributed by atoms with Gasteiger partial charge in [-0.2, -0.15) is 0 Å². The van der Waals surface area contributed by atoms with E-state index in [2.05, 4.69) is 44.9 Å². The Morgan fingerprint density at radius 3 is 2.76 bits per heavy atom. The Morgan fingerprint density at radius 1 is 1.48 bits per heavy atom. The van der Waals surface area contributed by atoms with Gasteiger partial charge in [0.05, 0.1) is 11.7 Å². The topological polar surface area (TPSA) is 42.2 Å². The van der Waals surface area contributed by atoms with Crippen molar-refractivity contribution in [1.29, 1.82) is 0 Å². The number of likely N-dealkylation sites (N-methyl/N-ethyl adjacent to an activating group) is 1. The molecule has 6 heteroatoms. The third-order valence-corrected chi connectivity index (χ3v) is 5.95. The van der Waals surface area contributed by atoms with Crippen molar-refractivity contribution in [3.63, 3.8) is 0 Å². The number of aromatic nitrogens is 1. The van der Waals surface area contributed by atoms with Gasteiger partial charge in [-0.1, -0.05) is 24.6 Å². The number of aryl methyl sites for hydroxylation is 1. The highest BCUT2D eigenvalue weighted by molar-refractivity contribution is 9.10. The summed E-state index contributed by atoms with van der Waals surface area (Å²) in [6.45, 7) is 6.40. The highest BCUT2D eigenvalue weighted by Gasteiger charge is 2.21. The summed E-state index contributed by atoms with van der Waals surface area (Å²) in [5.74, 6) is 0. The normalized spacial score (nSPS) is 12.9. The number of rotatable bonds is 6. The Kier molecular flexibility index (Phi) is 6.20. The van der Waals surface area contributed by atoms with Gasteiger partial charge in [-0.05, 0) is 47.6 Å². The molecule has 2 aromatic heterocycles. The molecule has 0 fully saturated rings. The lowest BCUT2D eigenvalue weighted by Crippen LogP contribution is -2.33. The summed E-state index contributed by atoms with van der Waals surface area (Å²) in [5.41, 5.74) is 8.11. The summed E-state index contributed by atoms with van der Waals surface area (Å²) in [5, 5.41) is 0. The molecule has 1 atom stereocenters. The van der Waals surface area contributed by atoms with Gasteiger partial charge in [-0.3, -0.25) is 9.88 Å². The second kappa shape index (κ2) is 7.70. The first kappa shape index (κ1) is 16.9. The van der Waals surface area contributed by atoms with Crippen molar-refractivity contribution in [2.75, 3.05) is 13.1 Å². The van der Waals surface area contributed by atoms with Crippen LogP contribution in [0.3, 0.4) is 0 Å². The van der Waals surface area contributed by atoms with Crippen LogP contribution in [0.15, 0.2) is 28.7 Å². The first-order valence-corrected chi connectivity index (χ1v) is 8.85. The molecule has 0 aliphatic heterocycles. The lowest BCUT2D eigenvalue weighted by Gasteiger charge is -2.28. The van der Waals surface area contributed by atoms with E-state index >= 15 is 0 Å². The minimum absolute atomic E-state index is 0.158. The minimum atomic E-state index is 0.158. The van der Waals surface area contributed by atoms with Gasteiger partial charge in [0.15, 0.2) is 0 Å². The molecule has 0 bridgehead atoms. The van der Waals surface area contributed by atoms with Gasteiger partial charge in [0.25, 0.3) is 0 Å². The molecule has 2 N–H and O–H groups in total. The quantitative estimate of drug-likeness (QED) is 0.798. The minimum Gasteiger partial charge on any atom is -0.329 e. The molecular formula is C15H19BrClN3S. The molecule has 21 heavy (non-hydrogen) atoms. The number of hydrogen-bond donors (Lipinski definition) is 1. The van der Waals surface area contributed by atoms with Crippen LogP contribution in [-0.4, -0.2) is 23.0 Å². The van der Waals surface area contributed by atoms with E-state index in [9.17, 15) is 0 Å². The maximum atomic E-state index is 6.16. The standard InChI is InChI=1S/C15H19BrClN3S/c1-3-20(9-11-6-4-5-10(2)19-11)13(8-18)14-7-12(16)15(17)21-14/h4-7,13H,3,8-9,18H2,1-2H3. The average Bonchev–Trinajstić information content (AvgIpc) is 2.78. The van der Waals surface area contributed by atoms with Gasteiger partial charge in [0, 0.05) is 28.1 Å². The fraction of sp³-hybridized carbons (Fsp3) is 0.400. The Morgan fingerprint density at radius 2 is 2.24 bits per heavy atom. The van der Waals surface area contributed by atoms with Crippen molar-refractivity contribution in [2.24, 2.45) is 5.73 Å². The summed E-state index contributed by atoms with van der Waals surface area (Å²) in [4.78, 5) is 8.09. The third-order valence-electron chi connectivity index (χ3n) is 3.37. The Labute approximate surface area is 143 Å². The van der Waals surface area contributed by atoms with Gasteiger partial charge in [-0.15, -0.1) is 11.3 Å². The number of pyridine rings is 1. The smallest absolute Gasteiger partial charge is 0.107 e. The molecule has 114 valence electrons. The molecule has 0 saturated heterocycles. The van der Waals surface area contributed by atoms with Crippen LogP contribution in [0.4, 0.5) is 0 Å². The van der Waals surface area contributed by atoms with Crippen LogP contribution in [0.5, 0.6) is 0 Å². The van der Waals surface area contributed by atoms with E-state index in [0.29, 0.717) is 6.54 Å². The molecule has 0 radical (unpaired) electrons. The molecule has 0 spiro atoms. The summed E-state index contributed by atoms with van der Waals surface area (Å²) in [6, 6.07) is 8.33. The van der Waals surface area contributed by atoms with Crippen molar-refractivity contribution >= 4 is 38.9 Å². The fourth-order valence-electron chi connectivity index (χ4n) is 2.31. The van der Waals surface area contributed by atoms with Crippen LogP contribution in [0.25, 0.3) is 0 Å². The molecule has 0 aromatic carbocycles. The van der Waals surface area contributed by atoms with Crippen LogP contribution in [-0.2, 0) is 6.54 Å². The zero-order valence-corrected chi connectivity index (χ0v) is 15.3. The van der Waals surface area contributed by atoms with E-state index in [0.717, 1.165) is 33.3 Å². The first-order valence-electron chi connectivity index (χ1n) is 6.86. The molecule has 1 unspecified atom stereocenters. The highest BCUT2D eigenvalue weighted by Crippen LogP contribution is 2.37. The van der Waals surface area contributed by atoms with E-state index < -0.39 is 0 Å². The van der Waals surface area contributed by atoms with Crippen molar-refractivity contribution in [3.05, 3.63) is 49.3 Å². The predicted molar refractivity (Wildman–Crippen MR) is 93.9 cm³/mol. The van der Waals surface area contributed by atoms with Gasteiger partial charge in [0.1, 0.15) is 4.34 Å². The van der Waals surface area contributed by atoms with Crippen LogP contribution in [0.2, 0.25) is 4.34 Å². The second-order valence-corrected chi connectivity index (χ2v) is 7.40. The van der Waals surface area contributed by atoms with Crippen LogP contribution in [0, 0.1) is 6.92 Å².